The molecule has 2 heterocycles. The number of hydrogen-bond acceptors (Lipinski definition) is 7. The summed E-state index contributed by atoms with van der Waals surface area (Å²) < 4.78 is 5.50. The van der Waals surface area contributed by atoms with Crippen LogP contribution in [0.2, 0.25) is 5.02 Å². The van der Waals surface area contributed by atoms with Gasteiger partial charge in [0.2, 0.25) is 5.91 Å². The summed E-state index contributed by atoms with van der Waals surface area (Å²) >= 11 is 7.35. The van der Waals surface area contributed by atoms with Crippen molar-refractivity contribution in [2.75, 3.05) is 54.2 Å². The van der Waals surface area contributed by atoms with Crippen LogP contribution >= 0.6 is 23.4 Å². The van der Waals surface area contributed by atoms with Gasteiger partial charge < -0.3 is 19.9 Å². The second-order valence-corrected chi connectivity index (χ2v) is 9.02. The van der Waals surface area contributed by atoms with Crippen LogP contribution in [0.15, 0.2) is 59.9 Å². The molecule has 7 nitrogen and oxygen atoms in total. The minimum Gasteiger partial charge on any atom is -0.495 e. The third-order valence-electron chi connectivity index (χ3n) is 5.45. The second kappa shape index (κ2) is 10.8. The topological polar surface area (TPSA) is 70.6 Å². The molecule has 1 aromatic heterocycles. The van der Waals surface area contributed by atoms with Gasteiger partial charge in [0.1, 0.15) is 11.6 Å². The van der Waals surface area contributed by atoms with Gasteiger partial charge in [-0.3, -0.25) is 4.79 Å². The van der Waals surface area contributed by atoms with Gasteiger partial charge in [0.05, 0.1) is 18.6 Å². The van der Waals surface area contributed by atoms with Gasteiger partial charge >= 0.3 is 0 Å². The lowest BCUT2D eigenvalue weighted by molar-refractivity contribution is -0.113. The number of benzene rings is 2. The summed E-state index contributed by atoms with van der Waals surface area (Å²) in [6, 6.07) is 15.4. The average molecular weight is 484 g/mol. The minimum absolute atomic E-state index is 0.121. The zero-order valence-corrected chi connectivity index (χ0v) is 20.2. The smallest absolute Gasteiger partial charge is 0.234 e. The van der Waals surface area contributed by atoms with Gasteiger partial charge in [0.25, 0.3) is 0 Å². The van der Waals surface area contributed by atoms with Crippen LogP contribution in [0.1, 0.15) is 5.56 Å². The monoisotopic (exact) mass is 483 g/mol. The molecular formula is C24H26ClN5O2S. The molecule has 1 aliphatic heterocycles. The van der Waals surface area contributed by atoms with Crippen LogP contribution in [0.25, 0.3) is 0 Å². The van der Waals surface area contributed by atoms with Crippen LogP contribution in [-0.2, 0) is 4.79 Å². The highest BCUT2D eigenvalue weighted by Crippen LogP contribution is 2.29. The van der Waals surface area contributed by atoms with E-state index >= 15 is 0 Å². The number of piperazine rings is 1. The average Bonchev–Trinajstić information content (AvgIpc) is 2.85. The molecule has 0 radical (unpaired) electrons. The summed E-state index contributed by atoms with van der Waals surface area (Å²) in [5, 5.41) is 4.07. The second-order valence-electron chi connectivity index (χ2n) is 7.64. The molecule has 0 saturated carbocycles. The van der Waals surface area contributed by atoms with Gasteiger partial charge in [-0.15, -0.1) is 0 Å². The van der Waals surface area contributed by atoms with E-state index in [1.807, 2.05) is 37.3 Å². The number of hydrogen-bond donors (Lipinski definition) is 1. The number of para-hydroxylation sites is 2. The van der Waals surface area contributed by atoms with Crippen LogP contribution in [0.3, 0.4) is 0 Å². The van der Waals surface area contributed by atoms with Crippen molar-refractivity contribution in [3.05, 3.63) is 65.3 Å². The molecule has 0 atom stereocenters. The number of rotatable bonds is 7. The highest BCUT2D eigenvalue weighted by atomic mass is 35.5. The first-order chi connectivity index (χ1) is 16.0. The Morgan fingerprint density at radius 3 is 2.67 bits per heavy atom. The standard InChI is InChI=1S/C24H26ClN5O2S/c1-17-7-8-18(25)15-19(17)27-23(31)16-33-24-26-10-9-22(28-24)30-13-11-29(12-14-30)20-5-3-4-6-21(20)32-2/h3-10,15H,11-14,16H2,1-2H3,(H,27,31). The molecule has 3 aromatic rings. The first-order valence-corrected chi connectivity index (χ1v) is 12.0. The first kappa shape index (κ1) is 23.2. The summed E-state index contributed by atoms with van der Waals surface area (Å²) in [6.07, 6.45) is 1.75. The van der Waals surface area contributed by atoms with Crippen LogP contribution in [0.4, 0.5) is 17.2 Å². The Hall–Kier alpha value is -2.97. The van der Waals surface area contributed by atoms with Crippen molar-refractivity contribution in [3.63, 3.8) is 0 Å². The van der Waals surface area contributed by atoms with E-state index in [0.717, 1.165) is 54.7 Å². The Kier molecular flexibility index (Phi) is 7.57. The number of methoxy groups -OCH3 is 1. The molecule has 1 aliphatic rings. The number of amides is 1. The lowest BCUT2D eigenvalue weighted by Crippen LogP contribution is -2.47. The summed E-state index contributed by atoms with van der Waals surface area (Å²) in [6.45, 7) is 5.35. The third-order valence-corrected chi connectivity index (χ3v) is 6.55. The van der Waals surface area contributed by atoms with Crippen LogP contribution < -0.4 is 19.9 Å². The number of nitrogens with one attached hydrogen (secondary N) is 1. The van der Waals surface area contributed by atoms with Crippen molar-refractivity contribution in [2.45, 2.75) is 12.1 Å². The predicted octanol–water partition coefficient (Wildman–Crippen LogP) is 4.50. The molecule has 1 fully saturated rings. The Labute approximate surface area is 203 Å². The minimum atomic E-state index is -0.121. The molecule has 2 aromatic carbocycles. The van der Waals surface area contributed by atoms with E-state index < -0.39 is 0 Å². The fraction of sp³-hybridized carbons (Fsp3) is 0.292. The fourth-order valence-electron chi connectivity index (χ4n) is 3.69. The van der Waals surface area contributed by atoms with Gasteiger partial charge in [-0.1, -0.05) is 41.6 Å². The molecule has 1 saturated heterocycles. The predicted molar refractivity (Wildman–Crippen MR) is 135 cm³/mol. The lowest BCUT2D eigenvalue weighted by atomic mass is 10.2. The fourth-order valence-corrected chi connectivity index (χ4v) is 4.49. The van der Waals surface area contributed by atoms with E-state index in [2.05, 4.69) is 31.2 Å². The summed E-state index contributed by atoms with van der Waals surface area (Å²) in [4.78, 5) is 26.0. The SMILES string of the molecule is COc1ccccc1N1CCN(c2ccnc(SCC(=O)Nc3cc(Cl)ccc3C)n2)CC1. The normalized spacial score (nSPS) is 13.7. The van der Waals surface area contributed by atoms with Gasteiger partial charge in [-0.05, 0) is 42.8 Å². The van der Waals surface area contributed by atoms with E-state index in [9.17, 15) is 4.79 Å². The zero-order chi connectivity index (χ0) is 23.2. The van der Waals surface area contributed by atoms with Crippen molar-refractivity contribution in [3.8, 4) is 5.75 Å². The molecule has 172 valence electrons. The number of carbonyl (C=O) groups is 1. The largest absolute Gasteiger partial charge is 0.495 e. The number of thioether (sulfide) groups is 1. The molecule has 1 amide bonds. The number of carbonyl (C=O) groups excluding carboxylic acids is 1. The molecule has 0 bridgehead atoms. The molecule has 0 spiro atoms. The lowest BCUT2D eigenvalue weighted by Gasteiger charge is -2.37. The molecule has 1 N–H and O–H groups in total. The number of nitrogens with zero attached hydrogens (tertiary/aromatic N) is 4. The first-order valence-electron chi connectivity index (χ1n) is 10.7. The molecule has 0 aliphatic carbocycles. The summed E-state index contributed by atoms with van der Waals surface area (Å²) in [5.41, 5.74) is 2.79. The van der Waals surface area contributed by atoms with Gasteiger partial charge in [-0.2, -0.15) is 0 Å². The highest BCUT2D eigenvalue weighted by molar-refractivity contribution is 7.99. The Morgan fingerprint density at radius 1 is 1.12 bits per heavy atom. The Morgan fingerprint density at radius 2 is 1.88 bits per heavy atom. The number of aryl methyl sites for hydroxylation is 1. The maximum Gasteiger partial charge on any atom is 0.234 e. The quantitative estimate of drug-likeness (QED) is 0.391. The molecule has 0 unspecified atom stereocenters. The summed E-state index contributed by atoms with van der Waals surface area (Å²) in [7, 11) is 1.70. The molecular weight excluding hydrogens is 458 g/mol. The number of anilines is 3. The Balaban J connectivity index is 1.33. The Bertz CT molecular complexity index is 1120. The van der Waals surface area contributed by atoms with Crippen molar-refractivity contribution in [2.24, 2.45) is 0 Å². The summed E-state index contributed by atoms with van der Waals surface area (Å²) in [5.74, 6) is 1.86. The van der Waals surface area contributed by atoms with Gasteiger partial charge in [0, 0.05) is 43.1 Å². The highest BCUT2D eigenvalue weighted by Gasteiger charge is 2.21. The van der Waals surface area contributed by atoms with E-state index in [1.54, 1.807) is 25.4 Å². The maximum absolute atomic E-state index is 12.4. The van der Waals surface area contributed by atoms with Crippen LogP contribution in [0, 0.1) is 6.92 Å². The maximum atomic E-state index is 12.4. The van der Waals surface area contributed by atoms with E-state index in [-0.39, 0.29) is 11.7 Å². The van der Waals surface area contributed by atoms with Crippen molar-refractivity contribution < 1.29 is 9.53 Å². The van der Waals surface area contributed by atoms with E-state index in [0.29, 0.717) is 10.2 Å². The number of ether oxygens (including phenoxy) is 1. The third kappa shape index (κ3) is 5.89. The molecule has 33 heavy (non-hydrogen) atoms. The van der Waals surface area contributed by atoms with Crippen molar-refractivity contribution in [1.82, 2.24) is 9.97 Å². The molecule has 9 heteroatoms. The van der Waals surface area contributed by atoms with Crippen molar-refractivity contribution in [1.29, 1.82) is 0 Å². The van der Waals surface area contributed by atoms with Crippen LogP contribution in [0.5, 0.6) is 5.75 Å². The zero-order valence-electron chi connectivity index (χ0n) is 18.6. The number of halogens is 1. The van der Waals surface area contributed by atoms with Crippen molar-refractivity contribution >= 4 is 46.5 Å². The molecule has 4 rings (SSSR count). The van der Waals surface area contributed by atoms with Crippen LogP contribution in [-0.4, -0.2) is 54.9 Å². The number of aromatic nitrogens is 2. The van der Waals surface area contributed by atoms with E-state index in [1.165, 1.54) is 11.8 Å². The van der Waals surface area contributed by atoms with E-state index in [4.69, 9.17) is 16.3 Å². The van der Waals surface area contributed by atoms with Gasteiger partial charge in [-0.25, -0.2) is 9.97 Å². The van der Waals surface area contributed by atoms with Gasteiger partial charge in [0.15, 0.2) is 5.16 Å².